The van der Waals surface area contributed by atoms with Crippen LogP contribution in [0.1, 0.15) is 32.8 Å². The number of hydrogen-bond donors (Lipinski definition) is 1. The molecule has 1 aromatic rings. The van der Waals surface area contributed by atoms with Gasteiger partial charge in [0.05, 0.1) is 0 Å². The van der Waals surface area contributed by atoms with Crippen molar-refractivity contribution in [1.82, 2.24) is 0 Å². The Balaban J connectivity index is 2.87. The molecule has 1 rings (SSSR count). The summed E-state index contributed by atoms with van der Waals surface area (Å²) < 4.78 is 13.6. The molecule has 0 radical (unpaired) electrons. The normalized spacial score (nSPS) is 13.9. The molecule has 0 saturated heterocycles. The van der Waals surface area contributed by atoms with E-state index in [4.69, 9.17) is 17.3 Å². The monoisotopic (exact) mass is 243 g/mol. The van der Waals surface area contributed by atoms with E-state index in [2.05, 4.69) is 13.8 Å². The summed E-state index contributed by atoms with van der Waals surface area (Å²) >= 11 is 6.00. The average Bonchev–Trinajstić information content (AvgIpc) is 2.09. The summed E-state index contributed by atoms with van der Waals surface area (Å²) in [4.78, 5) is 0. The molecule has 1 unspecified atom stereocenters. The third-order valence-electron chi connectivity index (χ3n) is 2.59. The molecule has 1 nitrogen and oxygen atoms in total. The molecule has 1 atom stereocenters. The van der Waals surface area contributed by atoms with Crippen LogP contribution in [0, 0.1) is 11.2 Å². The van der Waals surface area contributed by atoms with Crippen molar-refractivity contribution in [1.29, 1.82) is 0 Å². The predicted octanol–water partition coefficient (Wildman–Crippen LogP) is 3.79. The fraction of sp³-hybridized carbons (Fsp3) is 0.538. The van der Waals surface area contributed by atoms with Gasteiger partial charge in [0.15, 0.2) is 0 Å². The SMILES string of the molecule is CC(N)CC(C)(C)Cc1c(F)cccc1Cl. The van der Waals surface area contributed by atoms with Crippen LogP contribution in [0.5, 0.6) is 0 Å². The molecule has 0 aliphatic carbocycles. The zero-order valence-electron chi connectivity index (χ0n) is 10.1. The summed E-state index contributed by atoms with van der Waals surface area (Å²) in [6, 6.07) is 4.91. The first-order valence-corrected chi connectivity index (χ1v) is 5.88. The Hall–Kier alpha value is -0.600. The highest BCUT2D eigenvalue weighted by molar-refractivity contribution is 6.31. The zero-order chi connectivity index (χ0) is 12.3. The van der Waals surface area contributed by atoms with Crippen molar-refractivity contribution >= 4 is 11.6 Å². The fourth-order valence-corrected chi connectivity index (χ4v) is 2.35. The number of benzene rings is 1. The summed E-state index contributed by atoms with van der Waals surface area (Å²) in [7, 11) is 0. The molecule has 0 spiro atoms. The van der Waals surface area contributed by atoms with Crippen molar-refractivity contribution in [3.8, 4) is 0 Å². The van der Waals surface area contributed by atoms with Crippen LogP contribution in [0.25, 0.3) is 0 Å². The Morgan fingerprint density at radius 1 is 1.44 bits per heavy atom. The van der Waals surface area contributed by atoms with Crippen LogP contribution in [0.2, 0.25) is 5.02 Å². The van der Waals surface area contributed by atoms with Gasteiger partial charge in [-0.25, -0.2) is 4.39 Å². The lowest BCUT2D eigenvalue weighted by molar-refractivity contribution is 0.305. The molecule has 0 aliphatic rings. The zero-order valence-corrected chi connectivity index (χ0v) is 10.8. The van der Waals surface area contributed by atoms with E-state index in [1.54, 1.807) is 12.1 Å². The van der Waals surface area contributed by atoms with Crippen molar-refractivity contribution in [3.63, 3.8) is 0 Å². The first-order valence-electron chi connectivity index (χ1n) is 5.50. The fourth-order valence-electron chi connectivity index (χ4n) is 2.12. The molecule has 0 saturated carbocycles. The maximum Gasteiger partial charge on any atom is 0.127 e. The highest BCUT2D eigenvalue weighted by atomic mass is 35.5. The van der Waals surface area contributed by atoms with Crippen molar-refractivity contribution < 1.29 is 4.39 Å². The first kappa shape index (κ1) is 13.5. The van der Waals surface area contributed by atoms with Crippen molar-refractivity contribution in [2.24, 2.45) is 11.1 Å². The molecular weight excluding hydrogens is 225 g/mol. The summed E-state index contributed by atoms with van der Waals surface area (Å²) in [6.45, 7) is 6.13. The maximum absolute atomic E-state index is 13.6. The van der Waals surface area contributed by atoms with Gasteiger partial charge in [-0.2, -0.15) is 0 Å². The topological polar surface area (TPSA) is 26.0 Å². The Bertz CT molecular complexity index is 341. The molecule has 0 aromatic heterocycles. The number of halogens is 2. The Morgan fingerprint density at radius 2 is 2.06 bits per heavy atom. The Morgan fingerprint density at radius 3 is 2.56 bits per heavy atom. The van der Waals surface area contributed by atoms with E-state index in [1.165, 1.54) is 6.07 Å². The second-order valence-electron chi connectivity index (χ2n) is 5.22. The molecule has 0 bridgehead atoms. The Labute approximate surface area is 102 Å². The molecule has 90 valence electrons. The Kier molecular flexibility index (Phi) is 4.34. The summed E-state index contributed by atoms with van der Waals surface area (Å²) in [5.41, 5.74) is 6.33. The molecule has 0 aliphatic heterocycles. The lowest BCUT2D eigenvalue weighted by Gasteiger charge is -2.27. The van der Waals surface area contributed by atoms with Crippen LogP contribution in [0.3, 0.4) is 0 Å². The summed E-state index contributed by atoms with van der Waals surface area (Å²) in [5, 5.41) is 0.498. The molecule has 16 heavy (non-hydrogen) atoms. The standard InChI is InChI=1S/C13H19ClFN/c1-9(16)7-13(2,3)8-10-11(14)5-4-6-12(10)15/h4-6,9H,7-8,16H2,1-3H3. The van der Waals surface area contributed by atoms with Gasteiger partial charge >= 0.3 is 0 Å². The van der Waals surface area contributed by atoms with E-state index in [9.17, 15) is 4.39 Å². The van der Waals surface area contributed by atoms with Gasteiger partial charge in [0.25, 0.3) is 0 Å². The van der Waals surface area contributed by atoms with Crippen LogP contribution in [-0.4, -0.2) is 6.04 Å². The average molecular weight is 244 g/mol. The second-order valence-corrected chi connectivity index (χ2v) is 5.63. The van der Waals surface area contributed by atoms with E-state index in [1.807, 2.05) is 6.92 Å². The van der Waals surface area contributed by atoms with Crippen molar-refractivity contribution in [2.45, 2.75) is 39.7 Å². The van der Waals surface area contributed by atoms with Crippen molar-refractivity contribution in [2.75, 3.05) is 0 Å². The summed E-state index contributed by atoms with van der Waals surface area (Å²) in [6.07, 6.45) is 1.46. The molecule has 3 heteroatoms. The van der Waals surface area contributed by atoms with Gasteiger partial charge in [0.1, 0.15) is 5.82 Å². The van der Waals surface area contributed by atoms with Gasteiger partial charge in [0.2, 0.25) is 0 Å². The van der Waals surface area contributed by atoms with E-state index in [-0.39, 0.29) is 17.3 Å². The van der Waals surface area contributed by atoms with Crippen molar-refractivity contribution in [3.05, 3.63) is 34.6 Å². The van der Waals surface area contributed by atoms with E-state index in [0.717, 1.165) is 6.42 Å². The van der Waals surface area contributed by atoms with E-state index >= 15 is 0 Å². The van der Waals surface area contributed by atoms with Crippen LogP contribution in [0.15, 0.2) is 18.2 Å². The minimum Gasteiger partial charge on any atom is -0.328 e. The van der Waals surface area contributed by atoms with Crippen LogP contribution in [-0.2, 0) is 6.42 Å². The van der Waals surface area contributed by atoms with Gasteiger partial charge in [-0.15, -0.1) is 0 Å². The predicted molar refractivity (Wildman–Crippen MR) is 67.2 cm³/mol. The molecule has 2 N–H and O–H groups in total. The second kappa shape index (κ2) is 5.15. The van der Waals surface area contributed by atoms with Gasteiger partial charge in [0, 0.05) is 16.6 Å². The van der Waals surface area contributed by atoms with Crippen LogP contribution in [0.4, 0.5) is 4.39 Å². The first-order chi connectivity index (χ1) is 7.32. The molecule has 1 aromatic carbocycles. The highest BCUT2D eigenvalue weighted by Gasteiger charge is 2.23. The highest BCUT2D eigenvalue weighted by Crippen LogP contribution is 2.31. The van der Waals surface area contributed by atoms with E-state index < -0.39 is 0 Å². The minimum absolute atomic E-state index is 0.0417. The van der Waals surface area contributed by atoms with Gasteiger partial charge < -0.3 is 5.73 Å². The minimum atomic E-state index is -0.231. The smallest absolute Gasteiger partial charge is 0.127 e. The maximum atomic E-state index is 13.6. The largest absolute Gasteiger partial charge is 0.328 e. The van der Waals surface area contributed by atoms with E-state index in [0.29, 0.717) is 17.0 Å². The third-order valence-corrected chi connectivity index (χ3v) is 2.95. The van der Waals surface area contributed by atoms with Gasteiger partial charge in [-0.3, -0.25) is 0 Å². The number of hydrogen-bond acceptors (Lipinski definition) is 1. The lowest BCUT2D eigenvalue weighted by Crippen LogP contribution is -2.27. The molecular formula is C13H19ClFN. The number of nitrogens with two attached hydrogens (primary N) is 1. The van der Waals surface area contributed by atoms with Gasteiger partial charge in [-0.05, 0) is 37.3 Å². The third kappa shape index (κ3) is 3.76. The lowest BCUT2D eigenvalue weighted by atomic mass is 9.80. The number of rotatable bonds is 4. The molecule has 0 amide bonds. The van der Waals surface area contributed by atoms with Crippen LogP contribution >= 0.6 is 11.6 Å². The quantitative estimate of drug-likeness (QED) is 0.856. The molecule has 0 heterocycles. The molecule has 0 fully saturated rings. The van der Waals surface area contributed by atoms with Crippen LogP contribution < -0.4 is 5.73 Å². The summed E-state index contributed by atoms with van der Waals surface area (Å²) in [5.74, 6) is -0.231. The van der Waals surface area contributed by atoms with Gasteiger partial charge in [-0.1, -0.05) is 31.5 Å².